The van der Waals surface area contributed by atoms with Crippen molar-refractivity contribution in [3.63, 3.8) is 0 Å². The number of nitrogens with one attached hydrogen (secondary N) is 2. The molecule has 16 heavy (non-hydrogen) atoms. The molecule has 0 saturated heterocycles. The molecule has 0 aromatic carbocycles. The highest BCUT2D eigenvalue weighted by molar-refractivity contribution is 5.38. The lowest BCUT2D eigenvalue weighted by atomic mass is 9.86. The largest absolute Gasteiger partial charge is 0.365 e. The van der Waals surface area contributed by atoms with E-state index in [0.717, 1.165) is 12.1 Å². The van der Waals surface area contributed by atoms with E-state index in [1.165, 1.54) is 19.3 Å². The molecule has 0 bridgehead atoms. The van der Waals surface area contributed by atoms with Gasteiger partial charge in [-0.25, -0.2) is 9.89 Å². The van der Waals surface area contributed by atoms with Gasteiger partial charge in [0.05, 0.1) is 0 Å². The van der Waals surface area contributed by atoms with Crippen molar-refractivity contribution in [3.05, 3.63) is 16.2 Å². The molecule has 2 N–H and O–H groups in total. The molecule has 1 aromatic heterocycles. The Morgan fingerprint density at radius 1 is 1.38 bits per heavy atom. The lowest BCUT2D eigenvalue weighted by molar-refractivity contribution is 0.348. The van der Waals surface area contributed by atoms with Gasteiger partial charge in [-0.2, -0.15) is 10.1 Å². The monoisotopic (exact) mass is 222 g/mol. The molecule has 0 spiro atoms. The number of aryl methyl sites for hydroxylation is 1. The number of anilines is 1. The minimum atomic E-state index is -0.392. The van der Waals surface area contributed by atoms with Crippen molar-refractivity contribution in [3.8, 4) is 0 Å². The summed E-state index contributed by atoms with van der Waals surface area (Å²) in [6.45, 7) is 4.09. The second-order valence-corrected chi connectivity index (χ2v) is 4.59. The smallest absolute Gasteiger partial charge is 0.363 e. The second-order valence-electron chi connectivity index (χ2n) is 4.59. The number of H-pyrrole nitrogens is 1. The third kappa shape index (κ3) is 2.40. The Kier molecular flexibility index (Phi) is 3.22. The summed E-state index contributed by atoms with van der Waals surface area (Å²) < 4.78 is 0. The highest BCUT2D eigenvalue weighted by Gasteiger charge is 2.22. The maximum absolute atomic E-state index is 11.1. The minimum absolute atomic E-state index is 0.392. The van der Waals surface area contributed by atoms with Gasteiger partial charge in [0.1, 0.15) is 5.69 Å². The fourth-order valence-electron chi connectivity index (χ4n) is 2.24. The first-order chi connectivity index (χ1) is 7.66. The quantitative estimate of drug-likeness (QED) is 0.794. The lowest BCUT2D eigenvalue weighted by Crippen LogP contribution is -2.32. The van der Waals surface area contributed by atoms with Crippen molar-refractivity contribution < 1.29 is 0 Å². The van der Waals surface area contributed by atoms with Crippen LogP contribution in [0.3, 0.4) is 0 Å². The van der Waals surface area contributed by atoms with Crippen LogP contribution in [0.1, 0.15) is 38.3 Å². The molecular weight excluding hydrogens is 204 g/mol. The fourth-order valence-corrected chi connectivity index (χ4v) is 2.24. The van der Waals surface area contributed by atoms with E-state index < -0.39 is 5.69 Å². The predicted molar refractivity (Wildman–Crippen MR) is 62.4 cm³/mol. The van der Waals surface area contributed by atoms with Gasteiger partial charge in [0, 0.05) is 6.04 Å². The Morgan fingerprint density at radius 3 is 2.88 bits per heavy atom. The summed E-state index contributed by atoms with van der Waals surface area (Å²) in [7, 11) is 0. The maximum atomic E-state index is 11.1. The molecule has 0 radical (unpaired) electrons. The van der Waals surface area contributed by atoms with Crippen molar-refractivity contribution in [2.24, 2.45) is 5.92 Å². The van der Waals surface area contributed by atoms with E-state index in [9.17, 15) is 4.79 Å². The molecule has 5 nitrogen and oxygen atoms in total. The fraction of sp³-hybridized carbons (Fsp3) is 0.727. The average Bonchev–Trinajstić information content (AvgIpc) is 2.27. The van der Waals surface area contributed by atoms with Crippen LogP contribution in [0.2, 0.25) is 0 Å². The van der Waals surface area contributed by atoms with Gasteiger partial charge in [-0.05, 0) is 25.7 Å². The van der Waals surface area contributed by atoms with Crippen LogP contribution in [-0.2, 0) is 0 Å². The first-order valence-corrected chi connectivity index (χ1v) is 5.86. The SMILES string of the molecule is Cc1n[nH]c(=O)nc1N[C@H]1CCCC[C@@H]1C. The lowest BCUT2D eigenvalue weighted by Gasteiger charge is -2.30. The van der Waals surface area contributed by atoms with E-state index in [0.29, 0.717) is 17.8 Å². The topological polar surface area (TPSA) is 70.7 Å². The zero-order valence-electron chi connectivity index (χ0n) is 9.79. The molecule has 1 heterocycles. The van der Waals surface area contributed by atoms with Crippen LogP contribution in [-0.4, -0.2) is 21.2 Å². The van der Waals surface area contributed by atoms with Crippen molar-refractivity contribution in [1.82, 2.24) is 15.2 Å². The number of hydrogen-bond donors (Lipinski definition) is 2. The Labute approximate surface area is 94.7 Å². The van der Waals surface area contributed by atoms with E-state index >= 15 is 0 Å². The summed E-state index contributed by atoms with van der Waals surface area (Å²) in [6, 6.07) is 0.420. The summed E-state index contributed by atoms with van der Waals surface area (Å²) in [5, 5.41) is 9.58. The molecular formula is C11H18N4O. The van der Waals surface area contributed by atoms with Gasteiger partial charge < -0.3 is 5.32 Å². The highest BCUT2D eigenvalue weighted by Crippen LogP contribution is 2.26. The van der Waals surface area contributed by atoms with E-state index in [1.807, 2.05) is 6.92 Å². The maximum Gasteiger partial charge on any atom is 0.363 e. The van der Waals surface area contributed by atoms with E-state index in [-0.39, 0.29) is 0 Å². The van der Waals surface area contributed by atoms with E-state index in [1.54, 1.807) is 0 Å². The van der Waals surface area contributed by atoms with Crippen molar-refractivity contribution in [2.75, 3.05) is 5.32 Å². The van der Waals surface area contributed by atoms with Crippen LogP contribution in [0.4, 0.5) is 5.82 Å². The number of nitrogens with zero attached hydrogens (tertiary/aromatic N) is 2. The molecule has 0 aliphatic heterocycles. The Bertz CT molecular complexity index is 415. The first-order valence-electron chi connectivity index (χ1n) is 5.86. The molecule has 0 amide bonds. The van der Waals surface area contributed by atoms with Crippen molar-refractivity contribution in [2.45, 2.75) is 45.6 Å². The van der Waals surface area contributed by atoms with Gasteiger partial charge in [-0.15, -0.1) is 0 Å². The van der Waals surface area contributed by atoms with Crippen molar-refractivity contribution in [1.29, 1.82) is 0 Å². The Balaban J connectivity index is 2.13. The molecule has 1 aliphatic carbocycles. The van der Waals surface area contributed by atoms with Gasteiger partial charge >= 0.3 is 5.69 Å². The van der Waals surface area contributed by atoms with Gasteiger partial charge in [0.2, 0.25) is 0 Å². The van der Waals surface area contributed by atoms with E-state index in [2.05, 4.69) is 27.4 Å². The number of hydrogen-bond acceptors (Lipinski definition) is 4. The predicted octanol–water partition coefficient (Wildman–Crippen LogP) is 1.46. The Morgan fingerprint density at radius 2 is 2.12 bits per heavy atom. The number of aromatic amines is 1. The summed E-state index contributed by atoms with van der Waals surface area (Å²) in [4.78, 5) is 15.0. The molecule has 1 fully saturated rings. The molecule has 1 aliphatic rings. The number of aromatic nitrogens is 3. The van der Waals surface area contributed by atoms with Crippen LogP contribution in [0.25, 0.3) is 0 Å². The van der Waals surface area contributed by atoms with Crippen LogP contribution in [0, 0.1) is 12.8 Å². The molecule has 88 valence electrons. The summed E-state index contributed by atoms with van der Waals surface area (Å²) in [5.74, 6) is 1.26. The second kappa shape index (κ2) is 4.63. The summed E-state index contributed by atoms with van der Waals surface area (Å²) in [6.07, 6.45) is 4.94. The van der Waals surface area contributed by atoms with Crippen molar-refractivity contribution >= 4 is 5.82 Å². The third-order valence-corrected chi connectivity index (χ3v) is 3.31. The molecule has 2 atom stereocenters. The van der Waals surface area contributed by atoms with Gasteiger partial charge in [-0.1, -0.05) is 19.8 Å². The Hall–Kier alpha value is -1.39. The summed E-state index contributed by atoms with van der Waals surface area (Å²) >= 11 is 0. The standard InChI is InChI=1S/C11H18N4O/c1-7-5-3-4-6-9(7)12-10-8(2)14-15-11(16)13-10/h7,9H,3-6H2,1-2H3,(H2,12,13,15,16)/t7-,9-/m0/s1. The minimum Gasteiger partial charge on any atom is -0.365 e. The first kappa shape index (κ1) is 11.1. The molecule has 0 unspecified atom stereocenters. The normalized spacial score (nSPS) is 25.4. The highest BCUT2D eigenvalue weighted by atomic mass is 16.1. The van der Waals surface area contributed by atoms with Crippen LogP contribution in [0.15, 0.2) is 4.79 Å². The van der Waals surface area contributed by atoms with Crippen LogP contribution in [0.5, 0.6) is 0 Å². The van der Waals surface area contributed by atoms with Gasteiger partial charge in [0.15, 0.2) is 5.82 Å². The zero-order chi connectivity index (χ0) is 11.5. The molecule has 1 aromatic rings. The van der Waals surface area contributed by atoms with Gasteiger partial charge in [-0.3, -0.25) is 0 Å². The van der Waals surface area contributed by atoms with Crippen LogP contribution < -0.4 is 11.0 Å². The van der Waals surface area contributed by atoms with Gasteiger partial charge in [0.25, 0.3) is 0 Å². The number of rotatable bonds is 2. The van der Waals surface area contributed by atoms with Crippen LogP contribution >= 0.6 is 0 Å². The zero-order valence-corrected chi connectivity index (χ0v) is 9.79. The molecule has 1 saturated carbocycles. The molecule has 2 rings (SSSR count). The average molecular weight is 222 g/mol. The van der Waals surface area contributed by atoms with E-state index in [4.69, 9.17) is 0 Å². The molecule has 5 heteroatoms. The third-order valence-electron chi connectivity index (χ3n) is 3.31. The summed E-state index contributed by atoms with van der Waals surface area (Å²) in [5.41, 5.74) is 0.355.